The Hall–Kier alpha value is -2.34. The van der Waals surface area contributed by atoms with Gasteiger partial charge in [-0.25, -0.2) is 12.7 Å². The molecule has 28 heavy (non-hydrogen) atoms. The summed E-state index contributed by atoms with van der Waals surface area (Å²) < 4.78 is 32.1. The number of unbranched alkanes of at least 4 members (excludes halogenated alkanes) is 3. The van der Waals surface area contributed by atoms with E-state index in [0.717, 1.165) is 48.6 Å². The molecule has 0 aromatic heterocycles. The number of para-hydroxylation sites is 1. The number of nitrogens with zero attached hydrogens (tertiary/aromatic N) is 1. The first-order chi connectivity index (χ1) is 13.6. The zero-order valence-electron chi connectivity index (χ0n) is 15.8. The molecule has 148 valence electrons. The Labute approximate surface area is 166 Å². The molecule has 0 saturated heterocycles. The Balaban J connectivity index is 1.20. The minimum absolute atomic E-state index is 0.134. The summed E-state index contributed by atoms with van der Waals surface area (Å²) in [4.78, 5) is 12.5. The van der Waals surface area contributed by atoms with Gasteiger partial charge in [0.1, 0.15) is 10.6 Å². The van der Waals surface area contributed by atoms with Gasteiger partial charge < -0.3 is 4.74 Å². The van der Waals surface area contributed by atoms with Crippen LogP contribution in [0.15, 0.2) is 53.4 Å². The van der Waals surface area contributed by atoms with Gasteiger partial charge in [0.2, 0.25) is 0 Å². The zero-order chi connectivity index (χ0) is 19.6. The van der Waals surface area contributed by atoms with Crippen molar-refractivity contribution in [3.05, 3.63) is 59.7 Å². The summed E-state index contributed by atoms with van der Waals surface area (Å²) in [7, 11) is -3.67. The molecule has 1 atom stereocenters. The lowest BCUT2D eigenvalue weighted by Crippen LogP contribution is -2.31. The van der Waals surface area contributed by atoms with Crippen LogP contribution in [-0.4, -0.2) is 31.3 Å². The Morgan fingerprint density at radius 3 is 2.57 bits per heavy atom. The second kappa shape index (κ2) is 7.95. The lowest BCUT2D eigenvalue weighted by molar-refractivity contribution is 0.0869. The third-order valence-corrected chi connectivity index (χ3v) is 7.39. The van der Waals surface area contributed by atoms with Crippen molar-refractivity contribution in [3.63, 3.8) is 0 Å². The van der Waals surface area contributed by atoms with Gasteiger partial charge in [-0.3, -0.25) is 4.79 Å². The molecule has 2 aliphatic rings. The highest BCUT2D eigenvalue weighted by atomic mass is 32.2. The fourth-order valence-electron chi connectivity index (χ4n) is 4.02. The first-order valence-electron chi connectivity index (χ1n) is 9.98. The van der Waals surface area contributed by atoms with Crippen LogP contribution in [0.25, 0.3) is 0 Å². The van der Waals surface area contributed by atoms with Gasteiger partial charge in [-0.2, -0.15) is 0 Å². The van der Waals surface area contributed by atoms with E-state index in [1.54, 1.807) is 18.2 Å². The van der Waals surface area contributed by atoms with Crippen LogP contribution in [0.2, 0.25) is 0 Å². The molecule has 1 unspecified atom stereocenters. The van der Waals surface area contributed by atoms with Gasteiger partial charge in [0, 0.05) is 6.54 Å². The topological polar surface area (TPSA) is 63.7 Å². The number of carbonyl (C=O) groups excluding carboxylic acids is 1. The summed E-state index contributed by atoms with van der Waals surface area (Å²) >= 11 is 0. The molecule has 2 heterocycles. The maximum Gasteiger partial charge on any atom is 0.269 e. The Morgan fingerprint density at radius 1 is 0.964 bits per heavy atom. The molecular formula is C22H25NO4S. The van der Waals surface area contributed by atoms with Gasteiger partial charge in [-0.15, -0.1) is 0 Å². The van der Waals surface area contributed by atoms with Crippen molar-refractivity contribution in [2.75, 3.05) is 6.54 Å². The Kier molecular flexibility index (Phi) is 5.40. The van der Waals surface area contributed by atoms with E-state index in [1.165, 1.54) is 11.6 Å². The second-order valence-electron chi connectivity index (χ2n) is 7.47. The predicted molar refractivity (Wildman–Crippen MR) is 107 cm³/mol. The molecule has 2 aromatic carbocycles. The molecule has 0 saturated carbocycles. The van der Waals surface area contributed by atoms with Crippen LogP contribution < -0.4 is 4.74 Å². The number of aryl methyl sites for hydroxylation is 1. The van der Waals surface area contributed by atoms with Crippen molar-refractivity contribution in [3.8, 4) is 5.75 Å². The first kappa shape index (κ1) is 19.0. The van der Waals surface area contributed by atoms with E-state index in [-0.39, 0.29) is 23.1 Å². The molecule has 0 fully saturated rings. The van der Waals surface area contributed by atoms with E-state index in [1.807, 2.05) is 18.2 Å². The highest BCUT2D eigenvalue weighted by Gasteiger charge is 2.40. The second-order valence-corrected chi connectivity index (χ2v) is 9.30. The van der Waals surface area contributed by atoms with Crippen molar-refractivity contribution in [2.45, 2.75) is 55.9 Å². The molecule has 6 heteroatoms. The van der Waals surface area contributed by atoms with Crippen molar-refractivity contribution >= 4 is 15.9 Å². The fourth-order valence-corrected chi connectivity index (χ4v) is 5.62. The average Bonchev–Trinajstić information content (AvgIpc) is 2.91. The normalized spacial score (nSPS) is 19.8. The van der Waals surface area contributed by atoms with Crippen molar-refractivity contribution < 1.29 is 17.9 Å². The summed E-state index contributed by atoms with van der Waals surface area (Å²) in [6.07, 6.45) is 7.05. The molecule has 5 nitrogen and oxygen atoms in total. The number of sulfonamides is 1. The van der Waals surface area contributed by atoms with Crippen LogP contribution >= 0.6 is 0 Å². The molecule has 2 aromatic rings. The lowest BCUT2D eigenvalue weighted by Gasteiger charge is -2.26. The summed E-state index contributed by atoms with van der Waals surface area (Å²) in [6, 6.07) is 14.6. The number of hydrogen-bond acceptors (Lipinski definition) is 4. The number of rotatable bonds is 7. The average molecular weight is 400 g/mol. The molecule has 2 aliphatic heterocycles. The van der Waals surface area contributed by atoms with Crippen molar-refractivity contribution in [2.24, 2.45) is 0 Å². The number of ether oxygens (including phenoxy) is 1. The summed E-state index contributed by atoms with van der Waals surface area (Å²) in [5.74, 6) is 0.612. The van der Waals surface area contributed by atoms with Crippen LogP contribution in [0.1, 0.15) is 54.4 Å². The zero-order valence-corrected chi connectivity index (χ0v) is 16.7. The van der Waals surface area contributed by atoms with Gasteiger partial charge in [0.05, 0.1) is 11.7 Å². The SMILES string of the molecule is O=C1c2ccccc2S(=O)(=O)N1CCCCCCC1CCc2ccccc2O1. The minimum Gasteiger partial charge on any atom is -0.490 e. The molecular weight excluding hydrogens is 374 g/mol. The van der Waals surface area contributed by atoms with E-state index >= 15 is 0 Å². The molecule has 0 spiro atoms. The van der Waals surface area contributed by atoms with Crippen LogP contribution in [0.4, 0.5) is 0 Å². The predicted octanol–water partition coefficient (Wildman–Crippen LogP) is 4.18. The fraction of sp³-hybridized carbons (Fsp3) is 0.409. The quantitative estimate of drug-likeness (QED) is 0.656. The van der Waals surface area contributed by atoms with Gasteiger partial charge in [0.25, 0.3) is 15.9 Å². The highest BCUT2D eigenvalue weighted by Crippen LogP contribution is 2.31. The summed E-state index contributed by atoms with van der Waals surface area (Å²) in [6.45, 7) is 0.253. The van der Waals surface area contributed by atoms with Gasteiger partial charge in [-0.1, -0.05) is 43.2 Å². The van der Waals surface area contributed by atoms with E-state index in [4.69, 9.17) is 4.74 Å². The smallest absolute Gasteiger partial charge is 0.269 e. The highest BCUT2D eigenvalue weighted by molar-refractivity contribution is 7.90. The van der Waals surface area contributed by atoms with Crippen LogP contribution in [0.5, 0.6) is 5.75 Å². The van der Waals surface area contributed by atoms with Crippen molar-refractivity contribution in [1.29, 1.82) is 0 Å². The van der Waals surface area contributed by atoms with E-state index in [9.17, 15) is 13.2 Å². The van der Waals surface area contributed by atoms with E-state index < -0.39 is 15.9 Å². The molecule has 0 aliphatic carbocycles. The van der Waals surface area contributed by atoms with E-state index in [0.29, 0.717) is 6.42 Å². The maximum atomic E-state index is 12.5. The summed E-state index contributed by atoms with van der Waals surface area (Å²) in [5, 5.41) is 0. The number of hydrogen-bond donors (Lipinski definition) is 0. The third-order valence-electron chi connectivity index (χ3n) is 5.55. The largest absolute Gasteiger partial charge is 0.490 e. The lowest BCUT2D eigenvalue weighted by atomic mass is 9.98. The van der Waals surface area contributed by atoms with Gasteiger partial charge in [-0.05, 0) is 55.9 Å². The standard InChI is InChI=1S/C22H25NO4S/c24-22-19-11-5-7-13-21(19)28(25,26)23(22)16-8-2-1-3-10-18-15-14-17-9-4-6-12-20(17)27-18/h4-7,9,11-13,18H,1-3,8,10,14-16H2. The maximum absolute atomic E-state index is 12.5. The number of amides is 1. The van der Waals surface area contributed by atoms with Crippen LogP contribution in [-0.2, 0) is 16.4 Å². The van der Waals surface area contributed by atoms with Gasteiger partial charge in [0.15, 0.2) is 0 Å². The molecule has 1 amide bonds. The van der Waals surface area contributed by atoms with Gasteiger partial charge >= 0.3 is 0 Å². The third kappa shape index (κ3) is 3.65. The van der Waals surface area contributed by atoms with Crippen molar-refractivity contribution in [1.82, 2.24) is 4.31 Å². The monoisotopic (exact) mass is 399 g/mol. The molecule has 4 rings (SSSR count). The number of carbonyl (C=O) groups is 1. The number of benzene rings is 2. The molecule has 0 N–H and O–H groups in total. The Bertz CT molecular complexity index is 970. The number of fused-ring (bicyclic) bond motifs is 2. The van der Waals surface area contributed by atoms with Crippen LogP contribution in [0.3, 0.4) is 0 Å². The first-order valence-corrected chi connectivity index (χ1v) is 11.4. The summed E-state index contributed by atoms with van der Waals surface area (Å²) in [5.41, 5.74) is 1.58. The van der Waals surface area contributed by atoms with Crippen LogP contribution in [0, 0.1) is 0 Å². The van der Waals surface area contributed by atoms with E-state index in [2.05, 4.69) is 6.07 Å². The Morgan fingerprint density at radius 2 is 1.71 bits per heavy atom. The molecule has 0 bridgehead atoms. The minimum atomic E-state index is -3.67. The molecule has 0 radical (unpaired) electrons.